The van der Waals surface area contributed by atoms with E-state index in [9.17, 15) is 14.9 Å². The lowest BCUT2D eigenvalue weighted by molar-refractivity contribution is -0.385. The van der Waals surface area contributed by atoms with Crippen LogP contribution >= 0.6 is 15.9 Å². The predicted octanol–water partition coefficient (Wildman–Crippen LogP) is 2.88. The molecular weight excluding hydrogens is 262 g/mol. The molecule has 0 unspecified atom stereocenters. The highest BCUT2D eigenvalue weighted by Gasteiger charge is 2.08. The summed E-state index contributed by atoms with van der Waals surface area (Å²) in [6, 6.07) is 4.72. The van der Waals surface area contributed by atoms with E-state index in [-0.39, 0.29) is 11.5 Å². The molecule has 1 aromatic rings. The van der Waals surface area contributed by atoms with Gasteiger partial charge in [-0.15, -0.1) is 0 Å². The molecule has 15 heavy (non-hydrogen) atoms. The average molecular weight is 272 g/mol. The fourth-order valence-corrected chi connectivity index (χ4v) is 1.73. The number of non-ortho nitro benzene ring substituents is 1. The molecule has 0 fully saturated rings. The van der Waals surface area contributed by atoms with Crippen LogP contribution in [0.1, 0.15) is 18.9 Å². The fourth-order valence-electron chi connectivity index (χ4n) is 1.20. The van der Waals surface area contributed by atoms with Crippen molar-refractivity contribution in [1.82, 2.24) is 0 Å². The van der Waals surface area contributed by atoms with Crippen LogP contribution in [0.5, 0.6) is 0 Å². The highest BCUT2D eigenvalue weighted by molar-refractivity contribution is 9.10. The summed E-state index contributed by atoms with van der Waals surface area (Å²) in [7, 11) is 0. The molecule has 0 aliphatic carbocycles. The molecule has 0 atom stereocenters. The maximum absolute atomic E-state index is 10.8. The Bertz CT molecular complexity index is 404. The van der Waals surface area contributed by atoms with Gasteiger partial charge in [0.05, 0.1) is 4.92 Å². The fraction of sp³-hybridized carbons (Fsp3) is 0.300. The Kier molecular flexibility index (Phi) is 3.96. The van der Waals surface area contributed by atoms with Crippen molar-refractivity contribution in [2.75, 3.05) is 0 Å². The number of rotatable bonds is 4. The summed E-state index contributed by atoms with van der Waals surface area (Å²) in [5.41, 5.74) is 0.842. The van der Waals surface area contributed by atoms with Gasteiger partial charge in [0.1, 0.15) is 5.78 Å². The molecule has 0 spiro atoms. The second-order valence-electron chi connectivity index (χ2n) is 3.28. The Morgan fingerprint density at radius 3 is 2.67 bits per heavy atom. The summed E-state index contributed by atoms with van der Waals surface area (Å²) in [5.74, 6) is 0.0811. The van der Waals surface area contributed by atoms with Crippen molar-refractivity contribution in [2.45, 2.75) is 19.8 Å². The summed E-state index contributed by atoms with van der Waals surface area (Å²) in [6.07, 6.45) is 0.948. The molecule has 0 aliphatic rings. The highest BCUT2D eigenvalue weighted by atomic mass is 79.9. The van der Waals surface area contributed by atoms with E-state index in [4.69, 9.17) is 0 Å². The molecule has 0 N–H and O–H groups in total. The lowest BCUT2D eigenvalue weighted by Crippen LogP contribution is -1.96. The third-order valence-corrected chi connectivity index (χ3v) is 2.38. The van der Waals surface area contributed by atoms with Crippen LogP contribution in [0.25, 0.3) is 0 Å². The van der Waals surface area contributed by atoms with E-state index in [2.05, 4.69) is 15.9 Å². The van der Waals surface area contributed by atoms with Gasteiger partial charge in [0, 0.05) is 23.0 Å². The molecule has 0 saturated carbocycles. The van der Waals surface area contributed by atoms with Crippen LogP contribution in [0.2, 0.25) is 0 Å². The standard InChI is InChI=1S/C10H10BrNO3/c1-7(13)2-3-8-4-9(11)6-10(5-8)12(14)15/h4-6H,2-3H2,1H3. The van der Waals surface area contributed by atoms with Crippen LogP contribution in [0, 0.1) is 10.1 Å². The van der Waals surface area contributed by atoms with Crippen molar-refractivity contribution < 1.29 is 9.72 Å². The van der Waals surface area contributed by atoms with Crippen LogP contribution in [-0.4, -0.2) is 10.7 Å². The Morgan fingerprint density at radius 2 is 2.13 bits per heavy atom. The molecular formula is C10H10BrNO3. The zero-order chi connectivity index (χ0) is 11.4. The summed E-state index contributed by atoms with van der Waals surface area (Å²) < 4.78 is 0.662. The van der Waals surface area contributed by atoms with E-state index in [0.717, 1.165) is 5.56 Å². The summed E-state index contributed by atoms with van der Waals surface area (Å²) in [5, 5.41) is 10.6. The van der Waals surface area contributed by atoms with Gasteiger partial charge in [0.2, 0.25) is 0 Å². The normalized spacial score (nSPS) is 10.0. The highest BCUT2D eigenvalue weighted by Crippen LogP contribution is 2.22. The maximum Gasteiger partial charge on any atom is 0.270 e. The minimum absolute atomic E-state index is 0.0444. The molecule has 0 amide bonds. The van der Waals surface area contributed by atoms with Crippen molar-refractivity contribution in [3.8, 4) is 0 Å². The van der Waals surface area contributed by atoms with Crippen molar-refractivity contribution >= 4 is 27.4 Å². The summed E-state index contributed by atoms with van der Waals surface area (Å²) in [6.45, 7) is 1.51. The number of hydrogen-bond donors (Lipinski definition) is 0. The molecule has 0 radical (unpaired) electrons. The van der Waals surface area contributed by atoms with E-state index in [1.807, 2.05) is 0 Å². The Hall–Kier alpha value is -1.23. The van der Waals surface area contributed by atoms with E-state index < -0.39 is 4.92 Å². The molecule has 0 aliphatic heterocycles. The number of carbonyl (C=O) groups is 1. The first-order chi connectivity index (χ1) is 6.99. The SMILES string of the molecule is CC(=O)CCc1cc(Br)cc([N+](=O)[O-])c1. The van der Waals surface area contributed by atoms with Crippen molar-refractivity contribution in [2.24, 2.45) is 0 Å². The maximum atomic E-state index is 10.8. The first kappa shape index (κ1) is 11.8. The number of hydrogen-bond acceptors (Lipinski definition) is 3. The third kappa shape index (κ3) is 3.79. The number of aryl methyl sites for hydroxylation is 1. The number of nitrogens with zero attached hydrogens (tertiary/aromatic N) is 1. The van der Waals surface area contributed by atoms with Crippen molar-refractivity contribution in [3.05, 3.63) is 38.3 Å². The number of Topliss-reactive ketones (excluding diaryl/α,β-unsaturated/α-hetero) is 1. The van der Waals surface area contributed by atoms with Gasteiger partial charge in [-0.2, -0.15) is 0 Å². The van der Waals surface area contributed by atoms with E-state index in [1.165, 1.54) is 19.1 Å². The first-order valence-corrected chi connectivity index (χ1v) is 5.21. The van der Waals surface area contributed by atoms with Crippen molar-refractivity contribution in [3.63, 3.8) is 0 Å². The van der Waals surface area contributed by atoms with Gasteiger partial charge in [0.25, 0.3) is 5.69 Å². The topological polar surface area (TPSA) is 60.2 Å². The quantitative estimate of drug-likeness (QED) is 0.625. The number of ketones is 1. The Balaban J connectivity index is 2.88. The zero-order valence-electron chi connectivity index (χ0n) is 8.20. The molecule has 1 aromatic carbocycles. The number of benzene rings is 1. The van der Waals surface area contributed by atoms with E-state index >= 15 is 0 Å². The first-order valence-electron chi connectivity index (χ1n) is 4.42. The van der Waals surface area contributed by atoms with Gasteiger partial charge in [-0.25, -0.2) is 0 Å². The number of halogens is 1. The predicted molar refractivity (Wildman–Crippen MR) is 59.8 cm³/mol. The molecule has 0 saturated heterocycles. The zero-order valence-corrected chi connectivity index (χ0v) is 9.78. The van der Waals surface area contributed by atoms with Crippen LogP contribution < -0.4 is 0 Å². The Morgan fingerprint density at radius 1 is 1.47 bits per heavy atom. The monoisotopic (exact) mass is 271 g/mol. The van der Waals surface area contributed by atoms with Gasteiger partial charge in [-0.3, -0.25) is 10.1 Å². The smallest absolute Gasteiger partial charge is 0.270 e. The van der Waals surface area contributed by atoms with Crippen LogP contribution in [0.15, 0.2) is 22.7 Å². The molecule has 4 nitrogen and oxygen atoms in total. The third-order valence-electron chi connectivity index (χ3n) is 1.92. The molecule has 0 heterocycles. The van der Waals surface area contributed by atoms with Gasteiger partial charge in [-0.05, 0) is 25.0 Å². The largest absolute Gasteiger partial charge is 0.300 e. The van der Waals surface area contributed by atoms with Gasteiger partial charge in [0.15, 0.2) is 0 Å². The number of carbonyl (C=O) groups excluding carboxylic acids is 1. The Labute approximate surface area is 95.6 Å². The number of nitro benzene ring substituents is 1. The molecule has 80 valence electrons. The van der Waals surface area contributed by atoms with Crippen LogP contribution in [0.3, 0.4) is 0 Å². The minimum Gasteiger partial charge on any atom is -0.300 e. The average Bonchev–Trinajstić information content (AvgIpc) is 2.13. The summed E-state index contributed by atoms with van der Waals surface area (Å²) >= 11 is 3.20. The van der Waals surface area contributed by atoms with Crippen molar-refractivity contribution in [1.29, 1.82) is 0 Å². The molecule has 1 rings (SSSR count). The lowest BCUT2D eigenvalue weighted by atomic mass is 10.1. The molecule has 5 heteroatoms. The number of nitro groups is 1. The second-order valence-corrected chi connectivity index (χ2v) is 4.19. The van der Waals surface area contributed by atoms with Gasteiger partial charge in [-0.1, -0.05) is 15.9 Å². The second kappa shape index (κ2) is 5.02. The summed E-state index contributed by atoms with van der Waals surface area (Å²) in [4.78, 5) is 20.9. The van der Waals surface area contributed by atoms with Gasteiger partial charge < -0.3 is 4.79 Å². The molecule has 0 aromatic heterocycles. The van der Waals surface area contributed by atoms with E-state index in [1.54, 1.807) is 6.07 Å². The van der Waals surface area contributed by atoms with E-state index in [0.29, 0.717) is 17.3 Å². The lowest BCUT2D eigenvalue weighted by Gasteiger charge is -2.00. The van der Waals surface area contributed by atoms with Crippen LogP contribution in [0.4, 0.5) is 5.69 Å². The van der Waals surface area contributed by atoms with Crippen LogP contribution in [-0.2, 0) is 11.2 Å². The minimum atomic E-state index is -0.442. The van der Waals surface area contributed by atoms with Gasteiger partial charge >= 0.3 is 0 Å². The molecule has 0 bridgehead atoms.